The second-order valence-electron chi connectivity index (χ2n) is 11.0. The quantitative estimate of drug-likeness (QED) is 0.313. The van der Waals surface area contributed by atoms with Crippen molar-refractivity contribution in [3.8, 4) is 17.1 Å². The molecule has 222 valence electrons. The van der Waals surface area contributed by atoms with Gasteiger partial charge < -0.3 is 20.7 Å². The molecule has 0 radical (unpaired) electrons. The number of nitrogens with zero attached hydrogens (tertiary/aromatic N) is 5. The third-order valence-electron chi connectivity index (χ3n) is 8.40. The summed E-state index contributed by atoms with van der Waals surface area (Å²) in [7, 11) is 1.76. The summed E-state index contributed by atoms with van der Waals surface area (Å²) in [6, 6.07) is 2.47. The second kappa shape index (κ2) is 9.81. The fourth-order valence-electron chi connectivity index (χ4n) is 6.30. The third kappa shape index (κ3) is 4.40. The number of nitrogens with two attached hydrogens (primary N) is 1. The summed E-state index contributed by atoms with van der Waals surface area (Å²) in [6.45, 7) is 1.46. The van der Waals surface area contributed by atoms with E-state index < -0.39 is 35.1 Å². The van der Waals surface area contributed by atoms with Gasteiger partial charge in [0, 0.05) is 47.7 Å². The number of benzene rings is 2. The highest BCUT2D eigenvalue weighted by Gasteiger charge is 2.45. The Balaban J connectivity index is 1.43. The lowest BCUT2D eigenvalue weighted by molar-refractivity contribution is -0.137. The van der Waals surface area contributed by atoms with Gasteiger partial charge in [0.15, 0.2) is 10.9 Å². The smallest absolute Gasteiger partial charge is 0.417 e. The van der Waals surface area contributed by atoms with Gasteiger partial charge in [-0.25, -0.2) is 18.2 Å². The van der Waals surface area contributed by atoms with Gasteiger partial charge in [0.1, 0.15) is 29.9 Å². The average Bonchev–Trinajstić information content (AvgIpc) is 3.59. The molecular formula is C27H25F6N7OS. The molecule has 0 bridgehead atoms. The predicted octanol–water partition coefficient (Wildman–Crippen LogP) is 4.76. The molecule has 2 aromatic heterocycles. The normalized spacial score (nSPS) is 24.5. The van der Waals surface area contributed by atoms with E-state index in [0.29, 0.717) is 6.54 Å². The van der Waals surface area contributed by atoms with E-state index in [-0.39, 0.29) is 81.3 Å². The Labute approximate surface area is 239 Å². The number of halogens is 6. The zero-order valence-corrected chi connectivity index (χ0v) is 23.0. The molecule has 3 saturated heterocycles. The molecule has 1 unspecified atom stereocenters. The van der Waals surface area contributed by atoms with Gasteiger partial charge in [-0.2, -0.15) is 23.1 Å². The van der Waals surface area contributed by atoms with E-state index in [1.807, 2.05) is 4.90 Å². The van der Waals surface area contributed by atoms with Gasteiger partial charge in [-0.3, -0.25) is 4.90 Å². The van der Waals surface area contributed by atoms with Crippen LogP contribution in [0.4, 0.5) is 37.3 Å². The van der Waals surface area contributed by atoms with Crippen LogP contribution < -0.4 is 20.7 Å². The molecular weight excluding hydrogens is 584 g/mol. The van der Waals surface area contributed by atoms with E-state index in [9.17, 15) is 22.0 Å². The van der Waals surface area contributed by atoms with E-state index in [4.69, 9.17) is 10.5 Å². The summed E-state index contributed by atoms with van der Waals surface area (Å²) >= 11 is 0.757. The molecule has 8 nitrogen and oxygen atoms in total. The van der Waals surface area contributed by atoms with E-state index in [1.54, 1.807) is 11.9 Å². The summed E-state index contributed by atoms with van der Waals surface area (Å²) < 4.78 is 94.6. The molecule has 3 aliphatic rings. The van der Waals surface area contributed by atoms with Crippen molar-refractivity contribution in [2.75, 3.05) is 43.9 Å². The molecule has 0 aliphatic carbocycles. The maximum atomic E-state index is 16.6. The SMILES string of the molecule is CN1C[C@H](F)C[C@H]1COc1nc(N2C[C@H]3NCCC32)c2cc(C(F)(F)F)c(-c3ccc(F)c4sc(N)nc34)c(F)c2n1. The van der Waals surface area contributed by atoms with Gasteiger partial charge >= 0.3 is 12.2 Å². The number of likely N-dealkylation sites (tertiary alicyclic amines) is 1. The van der Waals surface area contributed by atoms with Crippen LogP contribution in [0.15, 0.2) is 18.2 Å². The Morgan fingerprint density at radius 2 is 1.95 bits per heavy atom. The lowest BCUT2D eigenvalue weighted by atomic mass is 9.93. The van der Waals surface area contributed by atoms with Gasteiger partial charge in [-0.05, 0) is 44.6 Å². The van der Waals surface area contributed by atoms with Crippen LogP contribution in [0.5, 0.6) is 6.01 Å². The first-order valence-electron chi connectivity index (χ1n) is 13.4. The molecule has 0 spiro atoms. The summed E-state index contributed by atoms with van der Waals surface area (Å²) in [6.07, 6.45) is -5.02. The van der Waals surface area contributed by atoms with Gasteiger partial charge in [0.2, 0.25) is 0 Å². The minimum atomic E-state index is -4.98. The van der Waals surface area contributed by atoms with Gasteiger partial charge in [0.05, 0.1) is 15.8 Å². The van der Waals surface area contributed by atoms with Crippen molar-refractivity contribution in [2.24, 2.45) is 0 Å². The Morgan fingerprint density at radius 3 is 2.67 bits per heavy atom. The molecule has 2 aromatic carbocycles. The number of alkyl halides is 4. The van der Waals surface area contributed by atoms with E-state index >= 15 is 4.39 Å². The molecule has 3 N–H and O–H groups in total. The summed E-state index contributed by atoms with van der Waals surface area (Å²) in [5.41, 5.74) is 2.84. The minimum absolute atomic E-state index is 0.0152. The number of nitrogen functional groups attached to an aromatic ring is 1. The number of thiazole rings is 1. The number of ether oxygens (including phenoxy) is 1. The molecule has 42 heavy (non-hydrogen) atoms. The van der Waals surface area contributed by atoms with Crippen LogP contribution in [-0.2, 0) is 6.18 Å². The van der Waals surface area contributed by atoms with Crippen molar-refractivity contribution < 1.29 is 31.1 Å². The van der Waals surface area contributed by atoms with Gasteiger partial charge in [-0.15, -0.1) is 0 Å². The Morgan fingerprint density at radius 1 is 1.14 bits per heavy atom. The fourth-order valence-corrected chi connectivity index (χ4v) is 7.06. The lowest BCUT2D eigenvalue weighted by Crippen LogP contribution is -2.61. The standard InChI is InChI=1S/C27H25F6N7OS/c1-39-8-11(28)6-12(39)10-41-26-37-21-14(24(38-26)40-9-17-18(40)4-5-35-17)7-15(27(31,32)33)19(20(21)30)13-2-3-16(29)23-22(13)36-25(34)42-23/h2-3,7,11-12,17-18,35H,4-6,8-10H2,1H3,(H2,34,36)/t11-,12+,17-,18?/m1/s1. The van der Waals surface area contributed by atoms with Crippen molar-refractivity contribution in [3.63, 3.8) is 0 Å². The number of aromatic nitrogens is 3. The van der Waals surface area contributed by atoms with Crippen LogP contribution in [0.2, 0.25) is 0 Å². The highest BCUT2D eigenvalue weighted by Crippen LogP contribution is 2.47. The van der Waals surface area contributed by atoms with Crippen molar-refractivity contribution in [1.29, 1.82) is 0 Å². The molecule has 4 aromatic rings. The Hall–Kier alpha value is -3.43. The van der Waals surface area contributed by atoms with Crippen molar-refractivity contribution in [1.82, 2.24) is 25.2 Å². The third-order valence-corrected chi connectivity index (χ3v) is 9.29. The highest BCUT2D eigenvalue weighted by molar-refractivity contribution is 7.22. The van der Waals surface area contributed by atoms with Gasteiger partial charge in [-0.1, -0.05) is 11.3 Å². The second-order valence-corrected chi connectivity index (χ2v) is 12.0. The lowest BCUT2D eigenvalue weighted by Gasteiger charge is -2.45. The van der Waals surface area contributed by atoms with Crippen LogP contribution in [0.3, 0.4) is 0 Å². The number of fused-ring (bicyclic) bond motifs is 3. The van der Waals surface area contributed by atoms with E-state index in [2.05, 4.69) is 20.3 Å². The monoisotopic (exact) mass is 609 g/mol. The molecule has 5 heterocycles. The molecule has 3 aliphatic heterocycles. The van der Waals surface area contributed by atoms with Crippen LogP contribution in [0.1, 0.15) is 18.4 Å². The molecule has 0 saturated carbocycles. The van der Waals surface area contributed by atoms with Crippen LogP contribution in [-0.4, -0.2) is 77.4 Å². The van der Waals surface area contributed by atoms with E-state index in [1.165, 1.54) is 0 Å². The first kappa shape index (κ1) is 27.4. The summed E-state index contributed by atoms with van der Waals surface area (Å²) in [5.74, 6) is -1.87. The number of nitrogens with one attached hydrogen (secondary N) is 1. The molecule has 7 rings (SSSR count). The predicted molar refractivity (Wildman–Crippen MR) is 146 cm³/mol. The number of likely N-dealkylation sites (N-methyl/N-ethyl adjacent to an activating group) is 1. The maximum absolute atomic E-state index is 16.6. The van der Waals surface area contributed by atoms with Crippen molar-refractivity contribution in [2.45, 2.75) is 43.3 Å². The number of hydrogen-bond donors (Lipinski definition) is 2. The zero-order chi connectivity index (χ0) is 29.5. The van der Waals surface area contributed by atoms with Crippen molar-refractivity contribution in [3.05, 3.63) is 35.4 Å². The number of rotatable bonds is 5. The van der Waals surface area contributed by atoms with Gasteiger partial charge in [0.25, 0.3) is 0 Å². The minimum Gasteiger partial charge on any atom is -0.462 e. The van der Waals surface area contributed by atoms with Crippen LogP contribution in [0, 0.1) is 11.6 Å². The molecule has 3 fully saturated rings. The average molecular weight is 610 g/mol. The number of anilines is 2. The zero-order valence-electron chi connectivity index (χ0n) is 22.2. The molecule has 15 heteroatoms. The van der Waals surface area contributed by atoms with Crippen molar-refractivity contribution >= 4 is 43.4 Å². The molecule has 4 atom stereocenters. The largest absolute Gasteiger partial charge is 0.462 e. The van der Waals surface area contributed by atoms with Crippen LogP contribution in [0.25, 0.3) is 32.2 Å². The number of hydrogen-bond acceptors (Lipinski definition) is 9. The maximum Gasteiger partial charge on any atom is 0.417 e. The Kier molecular flexibility index (Phi) is 6.40. The summed E-state index contributed by atoms with van der Waals surface area (Å²) in [4.78, 5) is 16.3. The molecule has 0 amide bonds. The first-order chi connectivity index (χ1) is 20.0. The fraction of sp³-hybridized carbons (Fsp3) is 0.444. The first-order valence-corrected chi connectivity index (χ1v) is 14.2. The van der Waals surface area contributed by atoms with Crippen LogP contribution >= 0.6 is 11.3 Å². The summed E-state index contributed by atoms with van der Waals surface area (Å²) in [5, 5.41) is 3.13. The Bertz CT molecular complexity index is 1710. The van der Waals surface area contributed by atoms with E-state index in [0.717, 1.165) is 42.5 Å². The topological polar surface area (TPSA) is 92.4 Å². The highest BCUT2D eigenvalue weighted by atomic mass is 32.1.